The van der Waals surface area contributed by atoms with Gasteiger partial charge in [-0.25, -0.2) is 4.98 Å². The van der Waals surface area contributed by atoms with Crippen molar-refractivity contribution in [2.45, 2.75) is 45.8 Å². The number of hydrogen-bond donors (Lipinski definition) is 0. The monoisotopic (exact) mass is 538 g/mol. The van der Waals surface area contributed by atoms with Gasteiger partial charge in [0.25, 0.3) is 0 Å². The van der Waals surface area contributed by atoms with E-state index in [0.29, 0.717) is 0 Å². The first-order valence-electron chi connectivity index (χ1n) is 14.1. The minimum atomic E-state index is -1.50. The second kappa shape index (κ2) is 8.67. The van der Waals surface area contributed by atoms with Crippen molar-refractivity contribution < 1.29 is 4.42 Å². The topological polar surface area (TPSA) is 31.0 Å². The van der Waals surface area contributed by atoms with E-state index in [1.165, 1.54) is 21.8 Å². The molecule has 0 bridgehead atoms. The molecule has 3 nitrogen and oxygen atoms in total. The van der Waals surface area contributed by atoms with Gasteiger partial charge in [0, 0.05) is 16.2 Å². The van der Waals surface area contributed by atoms with Gasteiger partial charge in [0.05, 0.1) is 30.4 Å². The van der Waals surface area contributed by atoms with Crippen molar-refractivity contribution in [2.75, 3.05) is 0 Å². The maximum atomic E-state index is 6.75. The minimum absolute atomic E-state index is 0.0437. The largest absolute Gasteiger partial charge is 0.455 e. The van der Waals surface area contributed by atoms with Crippen LogP contribution in [0.15, 0.2) is 101 Å². The maximum Gasteiger partial charge on any atom is 0.149 e. The highest BCUT2D eigenvalue weighted by atomic mass is 28.3. The molecule has 0 fully saturated rings. The fourth-order valence-electron chi connectivity index (χ4n) is 5.95. The number of rotatable bonds is 3. The van der Waals surface area contributed by atoms with E-state index in [1.807, 2.05) is 0 Å². The second-order valence-electron chi connectivity index (χ2n) is 12.9. The number of benzene rings is 5. The molecule has 0 aliphatic carbocycles. The summed E-state index contributed by atoms with van der Waals surface area (Å²) in [6, 6.07) is 34.8. The third-order valence-corrected chi connectivity index (χ3v) is 10.1. The highest BCUT2D eigenvalue weighted by Gasteiger charge is 2.27. The Morgan fingerprint density at radius 1 is 0.700 bits per heavy atom. The summed E-state index contributed by atoms with van der Waals surface area (Å²) in [7, 11) is -1.50. The van der Waals surface area contributed by atoms with E-state index >= 15 is 0 Å². The molecule has 0 spiro atoms. The average molecular weight is 539 g/mol. The lowest BCUT2D eigenvalue weighted by molar-refractivity contribution is 0.587. The number of furan rings is 1. The quantitative estimate of drug-likeness (QED) is 0.210. The van der Waals surface area contributed by atoms with Crippen molar-refractivity contribution in [2.24, 2.45) is 0 Å². The normalized spacial score (nSPS) is 12.8. The van der Waals surface area contributed by atoms with Crippen LogP contribution in [0, 0.1) is 0 Å². The summed E-state index contributed by atoms with van der Waals surface area (Å²) >= 11 is 0. The fourth-order valence-corrected chi connectivity index (χ4v) is 7.11. The van der Waals surface area contributed by atoms with E-state index in [1.54, 1.807) is 0 Å². The predicted molar refractivity (Wildman–Crippen MR) is 173 cm³/mol. The molecule has 0 amide bonds. The van der Waals surface area contributed by atoms with E-state index in [2.05, 4.69) is 142 Å². The van der Waals surface area contributed by atoms with E-state index < -0.39 is 8.07 Å². The third kappa shape index (κ3) is 3.81. The third-order valence-electron chi connectivity index (χ3n) is 8.10. The molecule has 0 atom stereocenters. The van der Waals surface area contributed by atoms with Crippen LogP contribution in [-0.2, 0) is 5.41 Å². The Bertz CT molecular complexity index is 2080. The molecule has 0 saturated carbocycles. The molecule has 0 aliphatic heterocycles. The Morgan fingerprint density at radius 3 is 2.23 bits per heavy atom. The van der Waals surface area contributed by atoms with Gasteiger partial charge in [0.1, 0.15) is 17.0 Å². The molecular weight excluding hydrogens is 504 g/mol. The molecule has 0 unspecified atom stereocenters. The van der Waals surface area contributed by atoms with Crippen LogP contribution < -0.4 is 5.19 Å². The van der Waals surface area contributed by atoms with E-state index in [0.717, 1.165) is 49.7 Å². The Morgan fingerprint density at radius 2 is 1.43 bits per heavy atom. The van der Waals surface area contributed by atoms with Gasteiger partial charge in [-0.05, 0) is 46.7 Å². The number of hydrogen-bond acceptors (Lipinski definition) is 2. The van der Waals surface area contributed by atoms with E-state index in [-0.39, 0.29) is 5.41 Å². The van der Waals surface area contributed by atoms with Crippen molar-refractivity contribution in [3.63, 3.8) is 0 Å². The first-order valence-corrected chi connectivity index (χ1v) is 17.6. The Balaban J connectivity index is 1.58. The molecule has 0 saturated heterocycles. The van der Waals surface area contributed by atoms with Gasteiger partial charge in [-0.1, -0.05) is 112 Å². The summed E-state index contributed by atoms with van der Waals surface area (Å²) in [5.74, 6) is 0.904. The van der Waals surface area contributed by atoms with Gasteiger partial charge in [0.2, 0.25) is 0 Å². The average Bonchev–Trinajstić information content (AvgIpc) is 3.50. The van der Waals surface area contributed by atoms with Crippen LogP contribution in [0.4, 0.5) is 0 Å². The fraction of sp³-hybridized carbons (Fsp3) is 0.194. The molecule has 4 heteroatoms. The molecule has 40 heavy (non-hydrogen) atoms. The SMILES string of the molecule is CC(C)(C)c1cc([Si](C)(C)C)ccc1-n1c(-c2cccc3c2oc2c4ccccc4ccc32)nc2ccccc21. The van der Waals surface area contributed by atoms with E-state index in [9.17, 15) is 0 Å². The minimum Gasteiger partial charge on any atom is -0.455 e. The zero-order valence-electron chi connectivity index (χ0n) is 24.0. The molecule has 2 aromatic heterocycles. The number of para-hydroxylation sites is 3. The molecule has 7 rings (SSSR count). The lowest BCUT2D eigenvalue weighted by atomic mass is 9.85. The number of nitrogens with zero attached hydrogens (tertiary/aromatic N) is 2. The zero-order valence-corrected chi connectivity index (χ0v) is 25.0. The van der Waals surface area contributed by atoms with Crippen molar-refractivity contribution in [1.29, 1.82) is 0 Å². The van der Waals surface area contributed by atoms with Crippen LogP contribution in [0.1, 0.15) is 26.3 Å². The Kier molecular flexibility index (Phi) is 5.39. The Hall–Kier alpha value is -4.15. The smallest absolute Gasteiger partial charge is 0.149 e. The lowest BCUT2D eigenvalue weighted by Gasteiger charge is -2.28. The summed E-state index contributed by atoms with van der Waals surface area (Å²) < 4.78 is 9.10. The molecule has 7 aromatic rings. The van der Waals surface area contributed by atoms with E-state index in [4.69, 9.17) is 9.40 Å². The number of fused-ring (bicyclic) bond motifs is 6. The summed E-state index contributed by atoms with van der Waals surface area (Å²) in [5.41, 5.74) is 7.35. The first kappa shape index (κ1) is 24.9. The van der Waals surface area contributed by atoms with Gasteiger partial charge in [0.15, 0.2) is 0 Å². The molecular formula is C36H34N2OSi. The van der Waals surface area contributed by atoms with Gasteiger partial charge in [-0.15, -0.1) is 0 Å². The van der Waals surface area contributed by atoms with Gasteiger partial charge >= 0.3 is 0 Å². The molecule has 0 aliphatic rings. The van der Waals surface area contributed by atoms with Gasteiger partial charge in [-0.3, -0.25) is 4.57 Å². The van der Waals surface area contributed by atoms with Crippen molar-refractivity contribution in [3.8, 4) is 17.1 Å². The summed E-state index contributed by atoms with van der Waals surface area (Å²) in [6.07, 6.45) is 0. The van der Waals surface area contributed by atoms with Crippen LogP contribution in [0.2, 0.25) is 19.6 Å². The molecule has 2 heterocycles. The predicted octanol–water partition coefficient (Wildman–Crippen LogP) is 9.59. The molecule has 0 radical (unpaired) electrons. The first-order chi connectivity index (χ1) is 19.1. The molecule has 5 aromatic carbocycles. The maximum absolute atomic E-state index is 6.75. The standard InChI is InChI=1S/C36H34N2OSi/c1-36(2,3)29-22-24(40(4,5)6)19-21-31(29)38-32-17-10-9-16-30(32)37-35(38)28-15-11-14-26-27-20-18-23-12-7-8-13-25(23)33(27)39-34(26)28/h7-22H,1-6H3. The summed E-state index contributed by atoms with van der Waals surface area (Å²) in [6.45, 7) is 14.2. The van der Waals surface area contributed by atoms with Crippen molar-refractivity contribution >= 4 is 57.0 Å². The van der Waals surface area contributed by atoms with Crippen LogP contribution in [0.5, 0.6) is 0 Å². The Labute approximate surface area is 236 Å². The van der Waals surface area contributed by atoms with Gasteiger partial charge < -0.3 is 4.42 Å². The highest BCUT2D eigenvalue weighted by Crippen LogP contribution is 2.41. The molecule has 0 N–H and O–H groups in total. The number of aromatic nitrogens is 2. The second-order valence-corrected chi connectivity index (χ2v) is 18.0. The molecule has 198 valence electrons. The van der Waals surface area contributed by atoms with Gasteiger partial charge in [-0.2, -0.15) is 0 Å². The van der Waals surface area contributed by atoms with Crippen LogP contribution in [0.25, 0.3) is 60.8 Å². The van der Waals surface area contributed by atoms with Crippen LogP contribution in [-0.4, -0.2) is 17.6 Å². The lowest BCUT2D eigenvalue weighted by Crippen LogP contribution is -2.38. The zero-order chi connectivity index (χ0) is 27.8. The number of imidazole rings is 1. The summed E-state index contributed by atoms with van der Waals surface area (Å²) in [5, 5.41) is 6.03. The highest BCUT2D eigenvalue weighted by molar-refractivity contribution is 6.88. The van der Waals surface area contributed by atoms with Crippen molar-refractivity contribution in [1.82, 2.24) is 9.55 Å². The van der Waals surface area contributed by atoms with Crippen LogP contribution in [0.3, 0.4) is 0 Å². The van der Waals surface area contributed by atoms with Crippen molar-refractivity contribution in [3.05, 3.63) is 103 Å². The van der Waals surface area contributed by atoms with Crippen LogP contribution >= 0.6 is 0 Å². The summed E-state index contributed by atoms with van der Waals surface area (Å²) in [4.78, 5) is 5.25.